The minimum atomic E-state index is -0.242. The first-order valence-corrected chi connectivity index (χ1v) is 4.40. The molecule has 1 aromatic rings. The Kier molecular flexibility index (Phi) is 2.06. The quantitative estimate of drug-likeness (QED) is 0.715. The molecule has 0 unspecified atom stereocenters. The number of nitrogens with one attached hydrogen (secondary N) is 1. The van der Waals surface area contributed by atoms with Crippen molar-refractivity contribution in [3.05, 3.63) is 18.0 Å². The lowest BCUT2D eigenvalue weighted by atomic mass is 10.3. The largest absolute Gasteiger partial charge is 0.394 e. The molecule has 14 heavy (non-hydrogen) atoms. The molecule has 2 N–H and O–H groups in total. The summed E-state index contributed by atoms with van der Waals surface area (Å²) < 4.78 is 0. The van der Waals surface area contributed by atoms with Crippen LogP contribution in [0.15, 0.2) is 12.3 Å². The Bertz CT molecular complexity index is 381. The van der Waals surface area contributed by atoms with E-state index in [-0.39, 0.29) is 12.1 Å². The van der Waals surface area contributed by atoms with Gasteiger partial charge in [-0.25, -0.2) is 9.97 Å². The Morgan fingerprint density at radius 1 is 1.64 bits per heavy atom. The predicted molar refractivity (Wildman–Crippen MR) is 49.4 cm³/mol. The van der Waals surface area contributed by atoms with E-state index < -0.39 is 0 Å². The van der Waals surface area contributed by atoms with E-state index in [0.29, 0.717) is 11.6 Å². The molecule has 1 fully saturated rings. The molecule has 0 aromatic carbocycles. The fourth-order valence-electron chi connectivity index (χ4n) is 1.19. The number of hydrogen-bond donors (Lipinski definition) is 2. The zero-order valence-electron chi connectivity index (χ0n) is 7.56. The summed E-state index contributed by atoms with van der Waals surface area (Å²) in [6.07, 6.45) is 3.37. The van der Waals surface area contributed by atoms with Crippen molar-refractivity contribution in [2.75, 3.05) is 11.9 Å². The van der Waals surface area contributed by atoms with E-state index in [1.807, 2.05) is 6.07 Å². The van der Waals surface area contributed by atoms with Crippen LogP contribution >= 0.6 is 0 Å². The van der Waals surface area contributed by atoms with E-state index in [1.54, 1.807) is 6.07 Å². The second kappa shape index (κ2) is 3.24. The van der Waals surface area contributed by atoms with Crippen LogP contribution in [0.25, 0.3) is 0 Å². The molecule has 1 aliphatic rings. The van der Waals surface area contributed by atoms with Crippen LogP contribution in [0.3, 0.4) is 0 Å². The lowest BCUT2D eigenvalue weighted by Gasteiger charge is -2.13. The summed E-state index contributed by atoms with van der Waals surface area (Å²) >= 11 is 0. The Hall–Kier alpha value is -1.67. The van der Waals surface area contributed by atoms with Gasteiger partial charge in [0.2, 0.25) is 5.95 Å². The van der Waals surface area contributed by atoms with E-state index in [0.717, 1.165) is 12.8 Å². The van der Waals surface area contributed by atoms with Crippen LogP contribution in [0.5, 0.6) is 0 Å². The number of nitriles is 1. The van der Waals surface area contributed by atoms with Crippen molar-refractivity contribution >= 4 is 5.95 Å². The van der Waals surface area contributed by atoms with E-state index in [1.165, 1.54) is 6.20 Å². The van der Waals surface area contributed by atoms with Gasteiger partial charge in [-0.2, -0.15) is 5.26 Å². The molecule has 1 aromatic heterocycles. The Morgan fingerprint density at radius 2 is 2.43 bits per heavy atom. The summed E-state index contributed by atoms with van der Waals surface area (Å²) in [7, 11) is 0. The summed E-state index contributed by atoms with van der Waals surface area (Å²) in [5, 5.41) is 20.7. The van der Waals surface area contributed by atoms with Crippen LogP contribution in [0.1, 0.15) is 18.5 Å². The summed E-state index contributed by atoms with van der Waals surface area (Å²) in [6.45, 7) is 0.0765. The molecule has 0 spiro atoms. The summed E-state index contributed by atoms with van der Waals surface area (Å²) in [4.78, 5) is 7.95. The van der Waals surface area contributed by atoms with Gasteiger partial charge >= 0.3 is 0 Å². The maximum absolute atomic E-state index is 9.06. The van der Waals surface area contributed by atoms with Crippen LogP contribution in [-0.4, -0.2) is 27.2 Å². The van der Waals surface area contributed by atoms with Gasteiger partial charge in [0.05, 0.1) is 12.1 Å². The van der Waals surface area contributed by atoms with Crippen molar-refractivity contribution in [3.8, 4) is 6.07 Å². The number of rotatable bonds is 3. The Labute approximate surface area is 81.4 Å². The average Bonchev–Trinajstić information content (AvgIpc) is 2.99. The normalized spacial score (nSPS) is 17.1. The van der Waals surface area contributed by atoms with Crippen LogP contribution in [0.4, 0.5) is 5.95 Å². The van der Waals surface area contributed by atoms with Gasteiger partial charge in [0.15, 0.2) is 0 Å². The first-order chi connectivity index (χ1) is 6.78. The van der Waals surface area contributed by atoms with E-state index >= 15 is 0 Å². The van der Waals surface area contributed by atoms with Crippen molar-refractivity contribution in [1.82, 2.24) is 9.97 Å². The minimum Gasteiger partial charge on any atom is -0.394 e. The van der Waals surface area contributed by atoms with Crippen LogP contribution in [-0.2, 0) is 0 Å². The molecule has 0 bridgehead atoms. The topological polar surface area (TPSA) is 81.8 Å². The molecular formula is C9H10N4O. The number of nitrogens with zero attached hydrogens (tertiary/aromatic N) is 3. The molecule has 1 aliphatic carbocycles. The van der Waals surface area contributed by atoms with Crippen molar-refractivity contribution in [2.45, 2.75) is 18.4 Å². The first kappa shape index (κ1) is 8.91. The fraction of sp³-hybridized carbons (Fsp3) is 0.444. The number of aliphatic hydroxyl groups excluding tert-OH is 1. The number of anilines is 1. The van der Waals surface area contributed by atoms with Gasteiger partial charge in [-0.1, -0.05) is 0 Å². The van der Waals surface area contributed by atoms with E-state index in [2.05, 4.69) is 15.3 Å². The predicted octanol–water partition coefficient (Wildman–Crippen LogP) is 0.285. The molecule has 5 heteroatoms. The smallest absolute Gasteiger partial charge is 0.224 e. The number of aromatic nitrogens is 2. The molecule has 0 aliphatic heterocycles. The van der Waals surface area contributed by atoms with Crippen molar-refractivity contribution in [1.29, 1.82) is 5.26 Å². The second-order valence-electron chi connectivity index (χ2n) is 3.44. The average molecular weight is 190 g/mol. The molecule has 72 valence electrons. The standard InChI is InChI=1S/C9H10N4O/c10-5-7-1-4-11-8(12-7)13-9(6-14)2-3-9/h1,4,14H,2-3,6H2,(H,11,12,13). The first-order valence-electron chi connectivity index (χ1n) is 4.40. The highest BCUT2D eigenvalue weighted by molar-refractivity contribution is 5.36. The van der Waals surface area contributed by atoms with E-state index in [9.17, 15) is 0 Å². The molecule has 2 rings (SSSR count). The molecule has 0 amide bonds. The molecular weight excluding hydrogens is 180 g/mol. The maximum atomic E-state index is 9.06. The van der Waals surface area contributed by atoms with Gasteiger partial charge in [0.1, 0.15) is 11.8 Å². The van der Waals surface area contributed by atoms with Crippen LogP contribution in [0, 0.1) is 11.3 Å². The third-order valence-corrected chi connectivity index (χ3v) is 2.30. The lowest BCUT2D eigenvalue weighted by molar-refractivity contribution is 0.265. The molecule has 0 saturated heterocycles. The number of hydrogen-bond acceptors (Lipinski definition) is 5. The van der Waals surface area contributed by atoms with Crippen molar-refractivity contribution in [3.63, 3.8) is 0 Å². The zero-order valence-corrected chi connectivity index (χ0v) is 7.56. The van der Waals surface area contributed by atoms with Crippen molar-refractivity contribution in [2.24, 2.45) is 0 Å². The summed E-state index contributed by atoms with van der Waals surface area (Å²) in [5.74, 6) is 0.413. The summed E-state index contributed by atoms with van der Waals surface area (Å²) in [6, 6.07) is 3.48. The second-order valence-corrected chi connectivity index (χ2v) is 3.44. The molecule has 1 saturated carbocycles. The van der Waals surface area contributed by atoms with Gasteiger partial charge < -0.3 is 10.4 Å². The monoisotopic (exact) mass is 190 g/mol. The molecule has 1 heterocycles. The van der Waals surface area contributed by atoms with Gasteiger partial charge in [-0.15, -0.1) is 0 Å². The molecule has 5 nitrogen and oxygen atoms in total. The fourth-order valence-corrected chi connectivity index (χ4v) is 1.19. The number of aliphatic hydroxyl groups is 1. The van der Waals surface area contributed by atoms with Crippen LogP contribution < -0.4 is 5.32 Å². The maximum Gasteiger partial charge on any atom is 0.224 e. The highest BCUT2D eigenvalue weighted by atomic mass is 16.3. The highest BCUT2D eigenvalue weighted by Gasteiger charge is 2.42. The lowest BCUT2D eigenvalue weighted by Crippen LogP contribution is -2.26. The zero-order chi connectivity index (χ0) is 10.0. The van der Waals surface area contributed by atoms with Crippen molar-refractivity contribution < 1.29 is 5.11 Å². The Balaban J connectivity index is 2.14. The third-order valence-electron chi connectivity index (χ3n) is 2.30. The Morgan fingerprint density at radius 3 is 3.00 bits per heavy atom. The van der Waals surface area contributed by atoms with Gasteiger partial charge in [0, 0.05) is 6.20 Å². The highest BCUT2D eigenvalue weighted by Crippen LogP contribution is 2.37. The van der Waals surface area contributed by atoms with E-state index in [4.69, 9.17) is 10.4 Å². The van der Waals surface area contributed by atoms with Gasteiger partial charge in [0.25, 0.3) is 0 Å². The molecule has 0 radical (unpaired) electrons. The minimum absolute atomic E-state index is 0.0765. The van der Waals surface area contributed by atoms with Gasteiger partial charge in [-0.3, -0.25) is 0 Å². The third kappa shape index (κ3) is 1.65. The SMILES string of the molecule is N#Cc1ccnc(NC2(CO)CC2)n1. The molecule has 0 atom stereocenters. The van der Waals surface area contributed by atoms with Crippen LogP contribution in [0.2, 0.25) is 0 Å². The summed E-state index contributed by atoms with van der Waals surface area (Å²) in [5.41, 5.74) is 0.0879. The van der Waals surface area contributed by atoms with Gasteiger partial charge in [-0.05, 0) is 18.9 Å².